The maximum atomic E-state index is 11.3. The summed E-state index contributed by atoms with van der Waals surface area (Å²) in [5.41, 5.74) is 0.939. The van der Waals surface area contributed by atoms with E-state index in [9.17, 15) is 4.79 Å². The lowest BCUT2D eigenvalue weighted by molar-refractivity contribution is 0.296. The van der Waals surface area contributed by atoms with Crippen LogP contribution < -0.4 is 15.1 Å². The fraction of sp³-hybridized carbons (Fsp3) is 0.118. The predicted molar refractivity (Wildman–Crippen MR) is 84.8 cm³/mol. The van der Waals surface area contributed by atoms with Gasteiger partial charge in [0.2, 0.25) is 0 Å². The summed E-state index contributed by atoms with van der Waals surface area (Å²) in [4.78, 5) is 11.3. The molecule has 3 rings (SSSR count). The SMILES string of the molecule is COc1ccc(Cl)cc1COc1ccc2ccc(=O)oc2c1. The molecular formula is C17H13ClO4. The number of hydrogen-bond donors (Lipinski definition) is 0. The number of rotatable bonds is 4. The fourth-order valence-corrected chi connectivity index (χ4v) is 2.35. The Kier molecular flexibility index (Phi) is 4.02. The number of hydrogen-bond acceptors (Lipinski definition) is 4. The Morgan fingerprint density at radius 1 is 1.09 bits per heavy atom. The molecule has 0 saturated heterocycles. The molecule has 0 aliphatic rings. The third-order valence-corrected chi connectivity index (χ3v) is 3.47. The summed E-state index contributed by atoms with van der Waals surface area (Å²) in [6, 6.07) is 13.8. The van der Waals surface area contributed by atoms with Crippen molar-refractivity contribution in [1.82, 2.24) is 0 Å². The molecule has 112 valence electrons. The van der Waals surface area contributed by atoms with Crippen LogP contribution in [0.5, 0.6) is 11.5 Å². The molecule has 4 nitrogen and oxygen atoms in total. The van der Waals surface area contributed by atoms with Crippen LogP contribution in [0.1, 0.15) is 5.56 Å². The molecule has 0 fully saturated rings. The van der Waals surface area contributed by atoms with Crippen molar-refractivity contribution < 1.29 is 13.9 Å². The van der Waals surface area contributed by atoms with Crippen LogP contribution in [0.25, 0.3) is 11.0 Å². The highest BCUT2D eigenvalue weighted by molar-refractivity contribution is 6.30. The first kappa shape index (κ1) is 14.5. The van der Waals surface area contributed by atoms with Gasteiger partial charge in [-0.3, -0.25) is 0 Å². The lowest BCUT2D eigenvalue weighted by Gasteiger charge is -2.11. The highest BCUT2D eigenvalue weighted by Crippen LogP contribution is 2.25. The average Bonchev–Trinajstić information content (AvgIpc) is 2.52. The predicted octanol–water partition coefficient (Wildman–Crippen LogP) is 4.03. The average molecular weight is 317 g/mol. The molecule has 0 amide bonds. The molecule has 0 saturated carbocycles. The second-order valence-corrected chi connectivity index (χ2v) is 5.14. The van der Waals surface area contributed by atoms with Crippen LogP contribution >= 0.6 is 11.6 Å². The fourth-order valence-electron chi connectivity index (χ4n) is 2.15. The third kappa shape index (κ3) is 3.07. The number of halogens is 1. The van der Waals surface area contributed by atoms with E-state index < -0.39 is 0 Å². The van der Waals surface area contributed by atoms with Crippen molar-refractivity contribution >= 4 is 22.6 Å². The highest BCUT2D eigenvalue weighted by atomic mass is 35.5. The largest absolute Gasteiger partial charge is 0.496 e. The Bertz CT molecular complexity index is 870. The minimum Gasteiger partial charge on any atom is -0.496 e. The normalized spacial score (nSPS) is 10.6. The number of methoxy groups -OCH3 is 1. The summed E-state index contributed by atoms with van der Waals surface area (Å²) in [7, 11) is 1.59. The maximum Gasteiger partial charge on any atom is 0.336 e. The Balaban J connectivity index is 1.84. The van der Waals surface area contributed by atoms with Crippen LogP contribution in [-0.4, -0.2) is 7.11 Å². The maximum absolute atomic E-state index is 11.3. The Labute approximate surface area is 131 Å². The first-order valence-electron chi connectivity index (χ1n) is 6.65. The van der Waals surface area contributed by atoms with Crippen molar-refractivity contribution in [2.45, 2.75) is 6.61 Å². The molecule has 5 heteroatoms. The standard InChI is InChI=1S/C17H13ClO4/c1-20-15-6-4-13(18)8-12(15)10-21-14-5-2-11-3-7-17(19)22-16(11)9-14/h2-9H,10H2,1H3. The molecule has 0 radical (unpaired) electrons. The summed E-state index contributed by atoms with van der Waals surface area (Å²) < 4.78 is 16.2. The van der Waals surface area contributed by atoms with Crippen molar-refractivity contribution in [2.75, 3.05) is 7.11 Å². The zero-order valence-electron chi connectivity index (χ0n) is 11.8. The van der Waals surface area contributed by atoms with Gasteiger partial charge in [-0.25, -0.2) is 4.79 Å². The summed E-state index contributed by atoms with van der Waals surface area (Å²) in [6.45, 7) is 0.298. The molecular weight excluding hydrogens is 304 g/mol. The van der Waals surface area contributed by atoms with Gasteiger partial charge < -0.3 is 13.9 Å². The number of benzene rings is 2. The summed E-state index contributed by atoms with van der Waals surface area (Å²) >= 11 is 5.99. The van der Waals surface area contributed by atoms with Gasteiger partial charge in [-0.15, -0.1) is 0 Å². The van der Waals surface area contributed by atoms with Crippen molar-refractivity contribution in [3.8, 4) is 11.5 Å². The topological polar surface area (TPSA) is 48.7 Å². The van der Waals surface area contributed by atoms with Gasteiger partial charge >= 0.3 is 5.63 Å². The van der Waals surface area contributed by atoms with Gasteiger partial charge in [0.25, 0.3) is 0 Å². The summed E-state index contributed by atoms with van der Waals surface area (Å²) in [6.07, 6.45) is 0. The van der Waals surface area contributed by atoms with E-state index in [1.54, 1.807) is 37.4 Å². The Hall–Kier alpha value is -2.46. The van der Waals surface area contributed by atoms with E-state index in [2.05, 4.69) is 0 Å². The molecule has 0 aliphatic heterocycles. The molecule has 0 spiro atoms. The van der Waals surface area contributed by atoms with E-state index in [1.165, 1.54) is 6.07 Å². The second-order valence-electron chi connectivity index (χ2n) is 4.70. The second kappa shape index (κ2) is 6.12. The van der Waals surface area contributed by atoms with E-state index in [0.29, 0.717) is 28.7 Å². The van der Waals surface area contributed by atoms with E-state index >= 15 is 0 Å². The number of fused-ring (bicyclic) bond motifs is 1. The number of ether oxygens (including phenoxy) is 2. The molecule has 2 aromatic carbocycles. The summed E-state index contributed by atoms with van der Waals surface area (Å²) in [5.74, 6) is 1.31. The van der Waals surface area contributed by atoms with Crippen molar-refractivity contribution in [3.05, 3.63) is 69.5 Å². The van der Waals surface area contributed by atoms with Gasteiger partial charge in [-0.1, -0.05) is 11.6 Å². The molecule has 0 N–H and O–H groups in total. The van der Waals surface area contributed by atoms with Gasteiger partial charge in [0, 0.05) is 28.1 Å². The Morgan fingerprint density at radius 2 is 1.91 bits per heavy atom. The zero-order chi connectivity index (χ0) is 15.5. The van der Waals surface area contributed by atoms with Gasteiger partial charge in [0.15, 0.2) is 0 Å². The van der Waals surface area contributed by atoms with Crippen LogP contribution in [-0.2, 0) is 6.61 Å². The lowest BCUT2D eigenvalue weighted by atomic mass is 10.2. The lowest BCUT2D eigenvalue weighted by Crippen LogP contribution is -1.99. The van der Waals surface area contributed by atoms with Crippen LogP contribution in [0.15, 0.2) is 57.7 Å². The van der Waals surface area contributed by atoms with Crippen molar-refractivity contribution in [2.24, 2.45) is 0 Å². The molecule has 22 heavy (non-hydrogen) atoms. The first-order valence-corrected chi connectivity index (χ1v) is 7.02. The van der Waals surface area contributed by atoms with Crippen LogP contribution in [0, 0.1) is 0 Å². The highest BCUT2D eigenvalue weighted by Gasteiger charge is 2.06. The molecule has 0 aliphatic carbocycles. The quantitative estimate of drug-likeness (QED) is 0.682. The van der Waals surface area contributed by atoms with Gasteiger partial charge in [0.1, 0.15) is 23.7 Å². The zero-order valence-corrected chi connectivity index (χ0v) is 12.6. The van der Waals surface area contributed by atoms with Gasteiger partial charge in [-0.05, 0) is 36.4 Å². The Morgan fingerprint density at radius 3 is 2.73 bits per heavy atom. The van der Waals surface area contributed by atoms with E-state index in [0.717, 1.165) is 10.9 Å². The summed E-state index contributed by atoms with van der Waals surface area (Å²) in [5, 5.41) is 1.45. The first-order chi connectivity index (χ1) is 10.7. The van der Waals surface area contributed by atoms with Gasteiger partial charge in [-0.2, -0.15) is 0 Å². The van der Waals surface area contributed by atoms with Crippen molar-refractivity contribution in [3.63, 3.8) is 0 Å². The molecule has 3 aromatic rings. The molecule has 1 heterocycles. The molecule has 1 aromatic heterocycles. The van der Waals surface area contributed by atoms with Gasteiger partial charge in [0.05, 0.1) is 7.11 Å². The molecule has 0 atom stereocenters. The smallest absolute Gasteiger partial charge is 0.336 e. The van der Waals surface area contributed by atoms with Crippen LogP contribution in [0.3, 0.4) is 0 Å². The van der Waals surface area contributed by atoms with Crippen LogP contribution in [0.4, 0.5) is 0 Å². The molecule has 0 unspecified atom stereocenters. The molecule has 0 bridgehead atoms. The van der Waals surface area contributed by atoms with Crippen LogP contribution in [0.2, 0.25) is 5.02 Å². The third-order valence-electron chi connectivity index (χ3n) is 3.23. The minimum atomic E-state index is -0.388. The van der Waals surface area contributed by atoms with E-state index in [-0.39, 0.29) is 5.63 Å². The van der Waals surface area contributed by atoms with Crippen molar-refractivity contribution in [1.29, 1.82) is 0 Å². The minimum absolute atomic E-state index is 0.298. The van der Waals surface area contributed by atoms with E-state index in [1.807, 2.05) is 12.1 Å². The monoisotopic (exact) mass is 316 g/mol. The van der Waals surface area contributed by atoms with E-state index in [4.69, 9.17) is 25.5 Å².